The van der Waals surface area contributed by atoms with Gasteiger partial charge in [0.2, 0.25) is 5.91 Å². The van der Waals surface area contributed by atoms with Crippen molar-refractivity contribution in [3.05, 3.63) is 64.2 Å². The molecule has 0 radical (unpaired) electrons. The molecule has 0 atom stereocenters. The predicted molar refractivity (Wildman–Crippen MR) is 99.4 cm³/mol. The highest BCUT2D eigenvalue weighted by Gasteiger charge is 2.31. The summed E-state index contributed by atoms with van der Waals surface area (Å²) in [6.07, 6.45) is -3.35. The predicted octanol–water partition coefficient (Wildman–Crippen LogP) is 4.86. The molecule has 5 nitrogen and oxygen atoms in total. The zero-order valence-electron chi connectivity index (χ0n) is 14.4. The van der Waals surface area contributed by atoms with Gasteiger partial charge in [0, 0.05) is 12.6 Å². The van der Waals surface area contributed by atoms with E-state index < -0.39 is 17.6 Å². The molecule has 2 aromatic rings. The van der Waals surface area contributed by atoms with E-state index in [0.717, 1.165) is 12.1 Å². The van der Waals surface area contributed by atoms with Gasteiger partial charge in [0.05, 0.1) is 16.3 Å². The number of halogens is 4. The maximum absolute atomic E-state index is 12.8. The monoisotopic (exact) mass is 407 g/mol. The fourth-order valence-electron chi connectivity index (χ4n) is 2.17. The van der Waals surface area contributed by atoms with Crippen LogP contribution in [0.4, 0.5) is 24.5 Å². The van der Waals surface area contributed by atoms with Crippen LogP contribution in [0, 0.1) is 11.3 Å². The number of hydrogen-bond donors (Lipinski definition) is 2. The second-order valence-corrected chi connectivity index (χ2v) is 6.03. The molecule has 28 heavy (non-hydrogen) atoms. The molecule has 0 spiro atoms. The first-order chi connectivity index (χ1) is 13.1. The summed E-state index contributed by atoms with van der Waals surface area (Å²) in [6.45, 7) is 1.35. The van der Waals surface area contributed by atoms with Crippen molar-refractivity contribution < 1.29 is 22.8 Å². The maximum Gasteiger partial charge on any atom is 0.416 e. The van der Waals surface area contributed by atoms with Crippen molar-refractivity contribution in [2.45, 2.75) is 13.1 Å². The first-order valence-corrected chi connectivity index (χ1v) is 8.15. The highest BCUT2D eigenvalue weighted by Crippen LogP contribution is 2.34. The zero-order chi connectivity index (χ0) is 20.9. The van der Waals surface area contributed by atoms with E-state index in [9.17, 15) is 28.0 Å². The van der Waals surface area contributed by atoms with Crippen molar-refractivity contribution in [1.82, 2.24) is 0 Å². The van der Waals surface area contributed by atoms with Crippen LogP contribution in [0.3, 0.4) is 0 Å². The van der Waals surface area contributed by atoms with Gasteiger partial charge < -0.3 is 10.6 Å². The summed E-state index contributed by atoms with van der Waals surface area (Å²) in [6, 6.07) is 10.5. The molecule has 2 amide bonds. The Morgan fingerprint density at radius 3 is 2.29 bits per heavy atom. The van der Waals surface area contributed by atoms with E-state index in [2.05, 4.69) is 10.6 Å². The molecule has 144 valence electrons. The Balaban J connectivity index is 2.23. The van der Waals surface area contributed by atoms with E-state index in [1.165, 1.54) is 13.0 Å². The average molecular weight is 408 g/mol. The van der Waals surface area contributed by atoms with Gasteiger partial charge in [-0.3, -0.25) is 9.59 Å². The number of anilines is 2. The van der Waals surface area contributed by atoms with Gasteiger partial charge in [-0.2, -0.15) is 18.4 Å². The number of alkyl halides is 3. The molecule has 0 aliphatic heterocycles. The third-order valence-electron chi connectivity index (χ3n) is 3.45. The minimum Gasteiger partial charge on any atom is -0.326 e. The van der Waals surface area contributed by atoms with Crippen LogP contribution in [0.5, 0.6) is 0 Å². The number of nitrogens with zero attached hydrogens (tertiary/aromatic N) is 1. The Kier molecular flexibility index (Phi) is 6.44. The number of benzene rings is 2. The number of carbonyl (C=O) groups excluding carboxylic acids is 2. The van der Waals surface area contributed by atoms with Crippen LogP contribution < -0.4 is 10.6 Å². The minimum atomic E-state index is -4.60. The summed E-state index contributed by atoms with van der Waals surface area (Å²) in [7, 11) is 0. The lowest BCUT2D eigenvalue weighted by molar-refractivity contribution is -0.137. The largest absolute Gasteiger partial charge is 0.416 e. The first kappa shape index (κ1) is 21.0. The third kappa shape index (κ3) is 5.59. The van der Waals surface area contributed by atoms with E-state index in [1.807, 2.05) is 0 Å². The van der Waals surface area contributed by atoms with Gasteiger partial charge in [0.25, 0.3) is 5.91 Å². The molecule has 0 aliphatic rings. The molecule has 0 saturated heterocycles. The summed E-state index contributed by atoms with van der Waals surface area (Å²) in [5.74, 6) is -1.16. The molecule has 0 unspecified atom stereocenters. The van der Waals surface area contributed by atoms with Crippen molar-refractivity contribution in [3.63, 3.8) is 0 Å². The van der Waals surface area contributed by atoms with Crippen LogP contribution in [0.25, 0.3) is 6.08 Å². The van der Waals surface area contributed by atoms with E-state index in [4.69, 9.17) is 11.6 Å². The van der Waals surface area contributed by atoms with E-state index in [0.29, 0.717) is 17.3 Å². The van der Waals surface area contributed by atoms with Crippen LogP contribution in [-0.4, -0.2) is 11.8 Å². The Morgan fingerprint density at radius 2 is 1.75 bits per heavy atom. The molecule has 2 rings (SSSR count). The average Bonchev–Trinajstić information content (AvgIpc) is 2.61. The zero-order valence-corrected chi connectivity index (χ0v) is 15.2. The summed E-state index contributed by atoms with van der Waals surface area (Å²) < 4.78 is 38.4. The molecule has 0 saturated carbocycles. The van der Waals surface area contributed by atoms with Crippen LogP contribution >= 0.6 is 11.6 Å². The summed E-state index contributed by atoms with van der Waals surface area (Å²) in [5.41, 5.74) is -0.563. The second-order valence-electron chi connectivity index (χ2n) is 5.62. The van der Waals surface area contributed by atoms with Gasteiger partial charge in [-0.25, -0.2) is 0 Å². The lowest BCUT2D eigenvalue weighted by Crippen LogP contribution is -2.15. The number of hydrogen-bond acceptors (Lipinski definition) is 3. The molecule has 0 aromatic heterocycles. The summed E-state index contributed by atoms with van der Waals surface area (Å²) >= 11 is 5.84. The Hall–Kier alpha value is -3.31. The van der Waals surface area contributed by atoms with Gasteiger partial charge in [0.1, 0.15) is 11.6 Å². The quantitative estimate of drug-likeness (QED) is 0.560. The van der Waals surface area contributed by atoms with Gasteiger partial charge in [-0.05, 0) is 42.0 Å². The topological polar surface area (TPSA) is 82.0 Å². The molecule has 0 aliphatic carbocycles. The van der Waals surface area contributed by atoms with Crippen molar-refractivity contribution >= 4 is 40.9 Å². The van der Waals surface area contributed by atoms with Crippen LogP contribution in [-0.2, 0) is 15.8 Å². The Bertz CT molecular complexity index is 977. The molecule has 2 aromatic carbocycles. The van der Waals surface area contributed by atoms with Crippen LogP contribution in [0.2, 0.25) is 5.02 Å². The number of nitriles is 1. The van der Waals surface area contributed by atoms with Crippen molar-refractivity contribution in [1.29, 1.82) is 5.26 Å². The Labute approximate surface area is 163 Å². The number of amides is 2. The second kappa shape index (κ2) is 8.59. The van der Waals surface area contributed by atoms with E-state index >= 15 is 0 Å². The van der Waals surface area contributed by atoms with Crippen molar-refractivity contribution in [3.8, 4) is 6.07 Å². The highest BCUT2D eigenvalue weighted by atomic mass is 35.5. The fourth-order valence-corrected chi connectivity index (χ4v) is 2.33. The third-order valence-corrected chi connectivity index (χ3v) is 3.78. The summed E-state index contributed by atoms with van der Waals surface area (Å²) in [4.78, 5) is 23.3. The molecule has 0 fully saturated rings. The van der Waals surface area contributed by atoms with Gasteiger partial charge in [0.15, 0.2) is 0 Å². The molecule has 0 bridgehead atoms. The highest BCUT2D eigenvalue weighted by molar-refractivity contribution is 6.34. The lowest BCUT2D eigenvalue weighted by atomic mass is 10.1. The van der Waals surface area contributed by atoms with Crippen molar-refractivity contribution in [2.24, 2.45) is 0 Å². The molecule has 2 N–H and O–H groups in total. The molecule has 9 heteroatoms. The van der Waals surface area contributed by atoms with Gasteiger partial charge in [-0.1, -0.05) is 23.7 Å². The minimum absolute atomic E-state index is 0.0988. The molecular weight excluding hydrogens is 395 g/mol. The van der Waals surface area contributed by atoms with Crippen LogP contribution in [0.1, 0.15) is 18.1 Å². The maximum atomic E-state index is 12.8. The van der Waals surface area contributed by atoms with Gasteiger partial charge >= 0.3 is 6.18 Å². The molecular formula is C19H13ClF3N3O2. The summed E-state index contributed by atoms with van der Waals surface area (Å²) in [5, 5.41) is 13.9. The fraction of sp³-hybridized carbons (Fsp3) is 0.105. The smallest absolute Gasteiger partial charge is 0.326 e. The van der Waals surface area contributed by atoms with Crippen molar-refractivity contribution in [2.75, 3.05) is 10.6 Å². The number of rotatable bonds is 4. The molecule has 0 heterocycles. The van der Waals surface area contributed by atoms with E-state index in [1.54, 1.807) is 30.3 Å². The normalized spacial score (nSPS) is 11.5. The lowest BCUT2D eigenvalue weighted by Gasteiger charge is -2.11. The standard InChI is InChI=1S/C19H13ClF3N3O2/c1-11(27)25-15-5-2-12(3-6-15)8-13(10-24)18(28)26-17-9-14(19(21,22)23)4-7-16(17)20/h2-9H,1H3,(H,25,27)(H,26,28)/b13-8+. The Morgan fingerprint density at radius 1 is 1.11 bits per heavy atom. The van der Waals surface area contributed by atoms with E-state index in [-0.39, 0.29) is 22.2 Å². The number of nitrogens with one attached hydrogen (secondary N) is 2. The SMILES string of the molecule is CC(=O)Nc1ccc(/C=C(\C#N)C(=O)Nc2cc(C(F)(F)F)ccc2Cl)cc1. The number of carbonyl (C=O) groups is 2. The van der Waals surface area contributed by atoms with Gasteiger partial charge in [-0.15, -0.1) is 0 Å². The first-order valence-electron chi connectivity index (χ1n) is 7.77. The van der Waals surface area contributed by atoms with Crippen LogP contribution in [0.15, 0.2) is 48.0 Å².